The number of benzene rings is 1. The summed E-state index contributed by atoms with van der Waals surface area (Å²) in [5.41, 5.74) is 1.38. The number of halogens is 1. The van der Waals surface area contributed by atoms with Gasteiger partial charge in [0.05, 0.1) is 0 Å². The lowest BCUT2D eigenvalue weighted by Crippen LogP contribution is -2.12. The average Bonchev–Trinajstić information content (AvgIpc) is 2.78. The number of H-pyrrole nitrogens is 1. The van der Waals surface area contributed by atoms with Crippen LogP contribution in [-0.2, 0) is 6.42 Å². The van der Waals surface area contributed by atoms with Crippen molar-refractivity contribution in [1.29, 1.82) is 0 Å². The first-order valence-corrected chi connectivity index (χ1v) is 5.80. The van der Waals surface area contributed by atoms with Crippen LogP contribution < -0.4 is 5.32 Å². The summed E-state index contributed by atoms with van der Waals surface area (Å²) >= 11 is 0. The summed E-state index contributed by atoms with van der Waals surface area (Å²) in [7, 11) is 0. The Hall–Kier alpha value is -2.17. The summed E-state index contributed by atoms with van der Waals surface area (Å²) in [6.45, 7) is 2.07. The highest BCUT2D eigenvalue weighted by Crippen LogP contribution is 2.10. The minimum atomic E-state index is -0.364. The number of hydrogen-bond donors (Lipinski definition) is 2. The van der Waals surface area contributed by atoms with Crippen molar-refractivity contribution in [3.63, 3.8) is 0 Å². The molecule has 0 unspecified atom stereocenters. The van der Waals surface area contributed by atoms with Crippen LogP contribution in [0, 0.1) is 5.82 Å². The van der Waals surface area contributed by atoms with E-state index in [9.17, 15) is 9.18 Å². The summed E-state index contributed by atoms with van der Waals surface area (Å²) in [6, 6.07) is 7.17. The molecule has 0 atom stereocenters. The molecule has 0 saturated heterocycles. The number of nitrogens with one attached hydrogen (secondary N) is 2. The first-order valence-electron chi connectivity index (χ1n) is 5.80. The predicted octanol–water partition coefficient (Wildman–Crippen LogP) is 2.75. The molecule has 0 saturated carbocycles. The Balaban J connectivity index is 2.04. The van der Waals surface area contributed by atoms with E-state index in [1.165, 1.54) is 24.3 Å². The molecular formula is C13H14FN3O. The Kier molecular flexibility index (Phi) is 3.72. The second-order valence-electron chi connectivity index (χ2n) is 3.99. The summed E-state index contributed by atoms with van der Waals surface area (Å²) in [5, 5.41) is 9.49. The van der Waals surface area contributed by atoms with Crippen LogP contribution in [0.4, 0.5) is 10.2 Å². The molecule has 0 radical (unpaired) electrons. The highest BCUT2D eigenvalue weighted by atomic mass is 19.1. The predicted molar refractivity (Wildman–Crippen MR) is 66.9 cm³/mol. The van der Waals surface area contributed by atoms with Gasteiger partial charge in [0.25, 0.3) is 5.91 Å². The van der Waals surface area contributed by atoms with Crippen molar-refractivity contribution in [3.05, 3.63) is 47.4 Å². The molecule has 1 heterocycles. The molecule has 18 heavy (non-hydrogen) atoms. The van der Waals surface area contributed by atoms with Crippen LogP contribution in [0.5, 0.6) is 0 Å². The third kappa shape index (κ3) is 2.94. The van der Waals surface area contributed by atoms with Gasteiger partial charge in [-0.05, 0) is 30.7 Å². The van der Waals surface area contributed by atoms with Gasteiger partial charge in [0.1, 0.15) is 5.82 Å². The molecule has 2 aromatic rings. The number of anilines is 1. The van der Waals surface area contributed by atoms with Gasteiger partial charge in [-0.15, -0.1) is 0 Å². The number of carbonyl (C=O) groups is 1. The number of aromatic amines is 1. The van der Waals surface area contributed by atoms with E-state index in [0.29, 0.717) is 11.4 Å². The van der Waals surface area contributed by atoms with E-state index in [0.717, 1.165) is 18.5 Å². The third-order valence-corrected chi connectivity index (χ3v) is 2.50. The molecule has 0 fully saturated rings. The maximum absolute atomic E-state index is 12.7. The SMILES string of the molecule is CCCc1cc(NC(=O)c2ccc(F)cc2)n[nH]1. The zero-order valence-corrected chi connectivity index (χ0v) is 10.0. The Labute approximate surface area is 104 Å². The largest absolute Gasteiger partial charge is 0.305 e. The molecule has 0 spiro atoms. The van der Waals surface area contributed by atoms with Crippen molar-refractivity contribution in [1.82, 2.24) is 10.2 Å². The second kappa shape index (κ2) is 5.44. The lowest BCUT2D eigenvalue weighted by molar-refractivity contribution is 0.102. The van der Waals surface area contributed by atoms with E-state index in [2.05, 4.69) is 22.4 Å². The molecule has 2 N–H and O–H groups in total. The van der Waals surface area contributed by atoms with Crippen molar-refractivity contribution in [2.75, 3.05) is 5.32 Å². The van der Waals surface area contributed by atoms with Crippen LogP contribution in [0.25, 0.3) is 0 Å². The Bertz CT molecular complexity index is 533. The van der Waals surface area contributed by atoms with E-state index < -0.39 is 0 Å². The van der Waals surface area contributed by atoms with Crippen LogP contribution in [-0.4, -0.2) is 16.1 Å². The van der Waals surface area contributed by atoms with E-state index in [4.69, 9.17) is 0 Å². The number of hydrogen-bond acceptors (Lipinski definition) is 2. The average molecular weight is 247 g/mol. The Morgan fingerprint density at radius 1 is 1.39 bits per heavy atom. The summed E-state index contributed by atoms with van der Waals surface area (Å²) in [5.74, 6) is -0.186. The van der Waals surface area contributed by atoms with Crippen LogP contribution in [0.15, 0.2) is 30.3 Å². The lowest BCUT2D eigenvalue weighted by atomic mass is 10.2. The molecule has 0 aliphatic heterocycles. The molecule has 0 aliphatic rings. The fourth-order valence-electron chi connectivity index (χ4n) is 1.61. The number of aryl methyl sites for hydroxylation is 1. The van der Waals surface area contributed by atoms with Crippen LogP contribution in [0.2, 0.25) is 0 Å². The number of aromatic nitrogens is 2. The minimum absolute atomic E-state index is 0.301. The molecule has 2 rings (SSSR count). The fraction of sp³-hybridized carbons (Fsp3) is 0.231. The maximum Gasteiger partial charge on any atom is 0.256 e. The van der Waals surface area contributed by atoms with Gasteiger partial charge in [-0.1, -0.05) is 13.3 Å². The highest BCUT2D eigenvalue weighted by Gasteiger charge is 2.08. The number of nitrogens with zero attached hydrogens (tertiary/aromatic N) is 1. The zero-order chi connectivity index (χ0) is 13.0. The van der Waals surface area contributed by atoms with Crippen LogP contribution >= 0.6 is 0 Å². The van der Waals surface area contributed by atoms with Crippen LogP contribution in [0.3, 0.4) is 0 Å². The summed E-state index contributed by atoms with van der Waals surface area (Å²) in [6.07, 6.45) is 1.90. The molecule has 94 valence electrons. The quantitative estimate of drug-likeness (QED) is 0.872. The first-order chi connectivity index (χ1) is 8.69. The smallest absolute Gasteiger partial charge is 0.256 e. The highest BCUT2D eigenvalue weighted by molar-refractivity contribution is 6.03. The summed E-state index contributed by atoms with van der Waals surface area (Å²) in [4.78, 5) is 11.8. The van der Waals surface area contributed by atoms with Crippen molar-refractivity contribution in [2.45, 2.75) is 19.8 Å². The number of carbonyl (C=O) groups excluding carboxylic acids is 1. The van der Waals surface area contributed by atoms with Gasteiger partial charge in [0.2, 0.25) is 0 Å². The molecule has 1 aromatic heterocycles. The maximum atomic E-state index is 12.7. The molecular weight excluding hydrogens is 233 g/mol. The van der Waals surface area contributed by atoms with E-state index in [1.807, 2.05) is 0 Å². The van der Waals surface area contributed by atoms with Gasteiger partial charge in [0, 0.05) is 17.3 Å². The standard InChI is InChI=1S/C13H14FN3O/c1-2-3-11-8-12(17-16-11)15-13(18)9-4-6-10(14)7-5-9/h4-8H,2-3H2,1H3,(H2,15,16,17,18). The molecule has 4 nitrogen and oxygen atoms in total. The number of rotatable bonds is 4. The number of amides is 1. The van der Waals surface area contributed by atoms with Crippen molar-refractivity contribution in [3.8, 4) is 0 Å². The van der Waals surface area contributed by atoms with Crippen molar-refractivity contribution in [2.24, 2.45) is 0 Å². The van der Waals surface area contributed by atoms with Gasteiger partial charge < -0.3 is 5.32 Å². The van der Waals surface area contributed by atoms with Gasteiger partial charge in [-0.25, -0.2) is 4.39 Å². The minimum Gasteiger partial charge on any atom is -0.305 e. The van der Waals surface area contributed by atoms with Gasteiger partial charge in [-0.3, -0.25) is 9.89 Å². The zero-order valence-electron chi connectivity index (χ0n) is 10.0. The second-order valence-corrected chi connectivity index (χ2v) is 3.99. The fourth-order valence-corrected chi connectivity index (χ4v) is 1.61. The summed E-state index contributed by atoms with van der Waals surface area (Å²) < 4.78 is 12.7. The van der Waals surface area contributed by atoms with Crippen LogP contribution in [0.1, 0.15) is 29.4 Å². The van der Waals surface area contributed by atoms with Crippen molar-refractivity contribution < 1.29 is 9.18 Å². The van der Waals surface area contributed by atoms with Gasteiger partial charge in [-0.2, -0.15) is 5.10 Å². The molecule has 0 bridgehead atoms. The molecule has 5 heteroatoms. The monoisotopic (exact) mass is 247 g/mol. The van der Waals surface area contributed by atoms with Gasteiger partial charge in [0.15, 0.2) is 5.82 Å². The third-order valence-electron chi connectivity index (χ3n) is 2.50. The Morgan fingerprint density at radius 3 is 2.78 bits per heavy atom. The normalized spacial score (nSPS) is 10.3. The van der Waals surface area contributed by atoms with Crippen molar-refractivity contribution >= 4 is 11.7 Å². The van der Waals surface area contributed by atoms with E-state index in [1.54, 1.807) is 6.07 Å². The molecule has 0 aliphatic carbocycles. The topological polar surface area (TPSA) is 57.8 Å². The molecule has 1 aromatic carbocycles. The molecule has 1 amide bonds. The lowest BCUT2D eigenvalue weighted by Gasteiger charge is -2.01. The first kappa shape index (κ1) is 12.3. The van der Waals surface area contributed by atoms with E-state index >= 15 is 0 Å². The van der Waals surface area contributed by atoms with Gasteiger partial charge >= 0.3 is 0 Å². The van der Waals surface area contributed by atoms with E-state index in [-0.39, 0.29) is 11.7 Å². The Morgan fingerprint density at radius 2 is 2.11 bits per heavy atom.